The third-order valence-corrected chi connectivity index (χ3v) is 3.23. The van der Waals surface area contributed by atoms with Crippen LogP contribution in [-0.2, 0) is 0 Å². The molecule has 1 unspecified atom stereocenters. The molecule has 0 amide bonds. The third kappa shape index (κ3) is 3.97. The summed E-state index contributed by atoms with van der Waals surface area (Å²) in [4.78, 5) is 12.2. The molecule has 0 aromatic heterocycles. The summed E-state index contributed by atoms with van der Waals surface area (Å²) in [6.45, 7) is 0.0227. The maximum absolute atomic E-state index is 12.2. The average molecular weight is 307 g/mol. The minimum absolute atomic E-state index is 0.0227. The van der Waals surface area contributed by atoms with Crippen molar-refractivity contribution in [2.75, 3.05) is 12.5 Å². The molecule has 0 saturated carbocycles. The van der Waals surface area contributed by atoms with Gasteiger partial charge in [0.25, 0.3) is 0 Å². The Hall–Kier alpha value is -2.04. The summed E-state index contributed by atoms with van der Waals surface area (Å²) in [6, 6.07) is 13.1. The Balaban J connectivity index is 2.14. The van der Waals surface area contributed by atoms with Crippen molar-refractivity contribution in [1.29, 1.82) is 0 Å². The van der Waals surface area contributed by atoms with E-state index in [-0.39, 0.29) is 29.6 Å². The fourth-order valence-corrected chi connectivity index (χ4v) is 1.86. The molecule has 0 spiro atoms. The van der Waals surface area contributed by atoms with Gasteiger partial charge in [-0.05, 0) is 12.1 Å². The molecule has 0 heterocycles. The normalized spacial score (nSPS) is 11.9. The number of hydrogen-bond donors (Lipinski definition) is 2. The van der Waals surface area contributed by atoms with E-state index in [4.69, 9.17) is 16.3 Å². The lowest BCUT2D eigenvalue weighted by atomic mass is 10.0. The minimum Gasteiger partial charge on any atom is -0.507 e. The Bertz CT molecular complexity index is 613. The smallest absolute Gasteiger partial charge is 0.196 e. The molecule has 0 aliphatic heterocycles. The summed E-state index contributed by atoms with van der Waals surface area (Å²) < 4.78 is 5.27. The molecule has 21 heavy (non-hydrogen) atoms. The van der Waals surface area contributed by atoms with Crippen LogP contribution < -0.4 is 4.74 Å². The number of carbonyl (C=O) groups excluding carboxylic acids is 1. The molecule has 2 aromatic carbocycles. The zero-order valence-corrected chi connectivity index (χ0v) is 12.0. The van der Waals surface area contributed by atoms with Crippen LogP contribution in [0.2, 0.25) is 0 Å². The fourth-order valence-electron chi connectivity index (χ4n) is 1.78. The van der Waals surface area contributed by atoms with E-state index in [0.717, 1.165) is 0 Å². The third-order valence-electron chi connectivity index (χ3n) is 2.87. The minimum atomic E-state index is -0.778. The number of ether oxygens (including phenoxy) is 1. The van der Waals surface area contributed by atoms with E-state index in [1.165, 1.54) is 12.1 Å². The van der Waals surface area contributed by atoms with E-state index in [1.54, 1.807) is 30.3 Å². The SMILES string of the molecule is O=C(c1ccccc1)c1ccc(OCC(O)CCl)cc1O. The van der Waals surface area contributed by atoms with Crippen LogP contribution in [0.5, 0.6) is 11.5 Å². The van der Waals surface area contributed by atoms with Crippen molar-refractivity contribution in [1.82, 2.24) is 0 Å². The Kier molecular flexibility index (Phi) is 5.20. The molecular weight excluding hydrogens is 292 g/mol. The zero-order valence-electron chi connectivity index (χ0n) is 11.2. The van der Waals surface area contributed by atoms with E-state index in [1.807, 2.05) is 6.07 Å². The van der Waals surface area contributed by atoms with Crippen LogP contribution in [0.1, 0.15) is 15.9 Å². The summed E-state index contributed by atoms with van der Waals surface area (Å²) >= 11 is 5.46. The zero-order chi connectivity index (χ0) is 15.2. The first-order valence-electron chi connectivity index (χ1n) is 6.41. The lowest BCUT2D eigenvalue weighted by molar-refractivity contribution is 0.103. The predicted molar refractivity (Wildman–Crippen MR) is 80.2 cm³/mol. The highest BCUT2D eigenvalue weighted by Gasteiger charge is 2.14. The van der Waals surface area contributed by atoms with Crippen molar-refractivity contribution in [2.24, 2.45) is 0 Å². The fraction of sp³-hybridized carbons (Fsp3) is 0.188. The molecule has 2 N–H and O–H groups in total. The van der Waals surface area contributed by atoms with Crippen LogP contribution in [-0.4, -0.2) is 34.6 Å². The number of phenols is 1. The first kappa shape index (κ1) is 15.4. The number of phenolic OH excluding ortho intramolecular Hbond substituents is 1. The van der Waals surface area contributed by atoms with Crippen molar-refractivity contribution < 1.29 is 19.7 Å². The van der Waals surface area contributed by atoms with Crippen LogP contribution in [0, 0.1) is 0 Å². The molecule has 5 heteroatoms. The first-order chi connectivity index (χ1) is 10.1. The van der Waals surface area contributed by atoms with Crippen LogP contribution in [0.25, 0.3) is 0 Å². The quantitative estimate of drug-likeness (QED) is 0.636. The van der Waals surface area contributed by atoms with E-state index in [0.29, 0.717) is 11.3 Å². The number of benzene rings is 2. The van der Waals surface area contributed by atoms with Gasteiger partial charge in [-0.3, -0.25) is 4.79 Å². The molecule has 0 radical (unpaired) electrons. The van der Waals surface area contributed by atoms with Gasteiger partial charge in [0.1, 0.15) is 24.2 Å². The maximum atomic E-state index is 12.2. The van der Waals surface area contributed by atoms with Crippen molar-refractivity contribution >= 4 is 17.4 Å². The standard InChI is InChI=1S/C16H15ClO4/c17-9-12(18)10-21-13-6-7-14(15(19)8-13)16(20)11-4-2-1-3-5-11/h1-8,12,18-19H,9-10H2. The number of aliphatic hydroxyl groups excluding tert-OH is 1. The number of aromatic hydroxyl groups is 1. The predicted octanol–water partition coefficient (Wildman–Crippen LogP) is 2.60. The molecule has 110 valence electrons. The Morgan fingerprint density at radius 2 is 1.90 bits per heavy atom. The van der Waals surface area contributed by atoms with Gasteiger partial charge in [-0.15, -0.1) is 11.6 Å². The number of hydrogen-bond acceptors (Lipinski definition) is 4. The highest BCUT2D eigenvalue weighted by atomic mass is 35.5. The molecule has 2 aromatic rings. The molecule has 0 fully saturated rings. The number of rotatable bonds is 6. The largest absolute Gasteiger partial charge is 0.507 e. The van der Waals surface area contributed by atoms with Gasteiger partial charge in [-0.2, -0.15) is 0 Å². The second-order valence-corrected chi connectivity index (χ2v) is 4.80. The highest BCUT2D eigenvalue weighted by Crippen LogP contribution is 2.26. The van der Waals surface area contributed by atoms with Gasteiger partial charge in [0, 0.05) is 11.6 Å². The van der Waals surface area contributed by atoms with Crippen LogP contribution in [0.15, 0.2) is 48.5 Å². The van der Waals surface area contributed by atoms with Gasteiger partial charge < -0.3 is 14.9 Å². The molecule has 0 aliphatic carbocycles. The number of halogens is 1. The number of alkyl halides is 1. The monoisotopic (exact) mass is 306 g/mol. The number of aliphatic hydroxyl groups is 1. The molecule has 1 atom stereocenters. The molecular formula is C16H15ClO4. The summed E-state index contributed by atoms with van der Waals surface area (Å²) in [5.74, 6) is -0.000231. The van der Waals surface area contributed by atoms with Gasteiger partial charge in [-0.25, -0.2) is 0 Å². The lowest BCUT2D eigenvalue weighted by Crippen LogP contribution is -2.18. The number of ketones is 1. The Morgan fingerprint density at radius 1 is 1.19 bits per heavy atom. The van der Waals surface area contributed by atoms with Crippen LogP contribution >= 0.6 is 11.6 Å². The van der Waals surface area contributed by atoms with Gasteiger partial charge in [-0.1, -0.05) is 30.3 Å². The Labute approximate surface area is 127 Å². The molecule has 2 rings (SSSR count). The van der Waals surface area contributed by atoms with Crippen molar-refractivity contribution in [3.8, 4) is 11.5 Å². The van der Waals surface area contributed by atoms with Gasteiger partial charge in [0.15, 0.2) is 5.78 Å². The highest BCUT2D eigenvalue weighted by molar-refractivity contribution is 6.18. The Morgan fingerprint density at radius 3 is 2.52 bits per heavy atom. The van der Waals surface area contributed by atoms with E-state index in [2.05, 4.69) is 0 Å². The number of carbonyl (C=O) groups is 1. The molecule has 0 saturated heterocycles. The van der Waals surface area contributed by atoms with E-state index in [9.17, 15) is 15.0 Å². The van der Waals surface area contributed by atoms with Gasteiger partial charge >= 0.3 is 0 Å². The van der Waals surface area contributed by atoms with Crippen molar-refractivity contribution in [2.45, 2.75) is 6.10 Å². The summed E-state index contributed by atoms with van der Waals surface area (Å²) in [7, 11) is 0. The van der Waals surface area contributed by atoms with Crippen LogP contribution in [0.4, 0.5) is 0 Å². The average Bonchev–Trinajstić information content (AvgIpc) is 2.53. The second kappa shape index (κ2) is 7.11. The van der Waals surface area contributed by atoms with Gasteiger partial charge in [0.2, 0.25) is 0 Å². The summed E-state index contributed by atoms with van der Waals surface area (Å²) in [5.41, 5.74) is 0.700. The molecule has 4 nitrogen and oxygen atoms in total. The molecule has 0 bridgehead atoms. The topological polar surface area (TPSA) is 66.8 Å². The second-order valence-electron chi connectivity index (χ2n) is 4.49. The maximum Gasteiger partial charge on any atom is 0.196 e. The summed E-state index contributed by atoms with van der Waals surface area (Å²) in [6.07, 6.45) is -0.778. The van der Waals surface area contributed by atoms with Crippen LogP contribution in [0.3, 0.4) is 0 Å². The summed E-state index contributed by atoms with van der Waals surface area (Å²) in [5, 5.41) is 19.3. The first-order valence-corrected chi connectivity index (χ1v) is 6.95. The van der Waals surface area contributed by atoms with Gasteiger partial charge in [0.05, 0.1) is 11.4 Å². The molecule has 0 aliphatic rings. The van der Waals surface area contributed by atoms with Crippen molar-refractivity contribution in [3.63, 3.8) is 0 Å². The lowest BCUT2D eigenvalue weighted by Gasteiger charge is -2.11. The van der Waals surface area contributed by atoms with E-state index >= 15 is 0 Å². The van der Waals surface area contributed by atoms with E-state index < -0.39 is 6.10 Å². The van der Waals surface area contributed by atoms with Crippen molar-refractivity contribution in [3.05, 3.63) is 59.7 Å².